The van der Waals surface area contributed by atoms with Crippen molar-refractivity contribution in [2.24, 2.45) is 0 Å². The summed E-state index contributed by atoms with van der Waals surface area (Å²) in [7, 11) is 0. The van der Waals surface area contributed by atoms with Crippen molar-refractivity contribution >= 4 is 0 Å². The molecule has 0 radical (unpaired) electrons. The van der Waals surface area contributed by atoms with E-state index in [1.165, 1.54) is 39.0 Å². The minimum atomic E-state index is -0.594. The lowest BCUT2D eigenvalue weighted by atomic mass is 9.56. The molecule has 1 nitrogen and oxygen atoms in total. The molecule has 0 saturated carbocycles. The Bertz CT molecular complexity index is 1420. The number of allylic oxidation sites excluding steroid dienone is 1. The van der Waals surface area contributed by atoms with Crippen LogP contribution in [-0.4, -0.2) is 0 Å². The third kappa shape index (κ3) is 2.21. The number of hydrogen-bond acceptors (Lipinski definition) is 1. The van der Waals surface area contributed by atoms with E-state index in [4.69, 9.17) is 4.74 Å². The SMILES string of the molecule is CC1(C)C=C2C(c3ccccc31)C1(c3ccccc3)OC2(c2ccccc2)c2ccccc21. The van der Waals surface area contributed by atoms with E-state index in [1.807, 2.05) is 0 Å². The second-order valence-corrected chi connectivity index (χ2v) is 10.1. The minimum Gasteiger partial charge on any atom is -0.344 e. The Labute approximate surface area is 195 Å². The van der Waals surface area contributed by atoms with E-state index in [-0.39, 0.29) is 11.3 Å². The Morgan fingerprint density at radius 3 is 1.82 bits per heavy atom. The van der Waals surface area contributed by atoms with Crippen LogP contribution in [0.5, 0.6) is 0 Å². The summed E-state index contributed by atoms with van der Waals surface area (Å²) in [4.78, 5) is 0. The van der Waals surface area contributed by atoms with Crippen LogP contribution < -0.4 is 0 Å². The van der Waals surface area contributed by atoms with Gasteiger partial charge in [-0.05, 0) is 39.0 Å². The second-order valence-electron chi connectivity index (χ2n) is 10.1. The summed E-state index contributed by atoms with van der Waals surface area (Å²) in [5, 5.41) is 0. The van der Waals surface area contributed by atoms with Crippen LogP contribution in [0.2, 0.25) is 0 Å². The maximum atomic E-state index is 7.52. The van der Waals surface area contributed by atoms with Crippen LogP contribution in [0.15, 0.2) is 121 Å². The molecule has 1 fully saturated rings. The van der Waals surface area contributed by atoms with Crippen LogP contribution >= 0.6 is 0 Å². The Hall–Kier alpha value is -3.42. The molecule has 160 valence electrons. The van der Waals surface area contributed by atoms with E-state index in [0.29, 0.717) is 0 Å². The Morgan fingerprint density at radius 2 is 1.12 bits per heavy atom. The number of benzene rings is 4. The Kier molecular flexibility index (Phi) is 3.66. The maximum Gasteiger partial charge on any atom is 0.142 e. The summed E-state index contributed by atoms with van der Waals surface area (Å²) < 4.78 is 7.52. The smallest absolute Gasteiger partial charge is 0.142 e. The zero-order valence-electron chi connectivity index (χ0n) is 19.0. The molecule has 3 atom stereocenters. The van der Waals surface area contributed by atoms with Crippen molar-refractivity contribution in [3.05, 3.63) is 154 Å². The van der Waals surface area contributed by atoms with Crippen LogP contribution in [0.1, 0.15) is 53.1 Å². The first kappa shape index (κ1) is 19.1. The molecular formula is C32H26O. The highest BCUT2D eigenvalue weighted by Gasteiger charge is 2.70. The summed E-state index contributed by atoms with van der Waals surface area (Å²) in [5.41, 5.74) is 7.91. The average Bonchev–Trinajstić information content (AvgIpc) is 3.34. The van der Waals surface area contributed by atoms with Gasteiger partial charge in [0.15, 0.2) is 0 Å². The summed E-state index contributed by atoms with van der Waals surface area (Å²) in [6.45, 7) is 4.67. The van der Waals surface area contributed by atoms with E-state index in [2.05, 4.69) is 129 Å². The molecule has 4 aromatic carbocycles. The summed E-state index contributed by atoms with van der Waals surface area (Å²) >= 11 is 0. The molecule has 7 rings (SSSR count). The number of fused-ring (bicyclic) bond motifs is 10. The van der Waals surface area contributed by atoms with Crippen LogP contribution in [-0.2, 0) is 21.4 Å². The molecule has 3 unspecified atom stereocenters. The van der Waals surface area contributed by atoms with Crippen molar-refractivity contribution in [1.29, 1.82) is 0 Å². The van der Waals surface area contributed by atoms with Gasteiger partial charge in [-0.3, -0.25) is 0 Å². The van der Waals surface area contributed by atoms with Gasteiger partial charge < -0.3 is 4.74 Å². The molecule has 3 aliphatic rings. The topological polar surface area (TPSA) is 9.23 Å². The normalized spacial score (nSPS) is 27.9. The standard InChI is InChI=1S/C32H26O/c1-30(2)21-28-29(24-17-9-10-18-25(24)30)32(23-15-7-4-8-16-23)27-20-12-11-19-26(27)31(28,33-32)22-13-5-3-6-14-22/h3-21,29H,1-2H3. The van der Waals surface area contributed by atoms with E-state index in [9.17, 15) is 0 Å². The summed E-state index contributed by atoms with van der Waals surface area (Å²) in [5.74, 6) is 0.124. The van der Waals surface area contributed by atoms with Gasteiger partial charge in [-0.2, -0.15) is 0 Å². The van der Waals surface area contributed by atoms with Crippen molar-refractivity contribution in [2.45, 2.75) is 36.4 Å². The van der Waals surface area contributed by atoms with Crippen LogP contribution in [0.25, 0.3) is 0 Å². The van der Waals surface area contributed by atoms with Crippen LogP contribution in [0, 0.1) is 0 Å². The average molecular weight is 427 g/mol. The van der Waals surface area contributed by atoms with Gasteiger partial charge in [0.2, 0.25) is 0 Å². The van der Waals surface area contributed by atoms with Gasteiger partial charge in [0.05, 0.1) is 0 Å². The highest BCUT2D eigenvalue weighted by molar-refractivity contribution is 5.70. The quantitative estimate of drug-likeness (QED) is 0.308. The van der Waals surface area contributed by atoms with Gasteiger partial charge in [-0.1, -0.05) is 129 Å². The van der Waals surface area contributed by atoms with Crippen molar-refractivity contribution in [3.63, 3.8) is 0 Å². The van der Waals surface area contributed by atoms with Gasteiger partial charge in [0, 0.05) is 11.3 Å². The third-order valence-electron chi connectivity index (χ3n) is 8.01. The van der Waals surface area contributed by atoms with Crippen molar-refractivity contribution in [3.8, 4) is 0 Å². The third-order valence-corrected chi connectivity index (χ3v) is 8.01. The molecule has 33 heavy (non-hydrogen) atoms. The number of ether oxygens (including phenoxy) is 1. The number of rotatable bonds is 2. The zero-order chi connectivity index (χ0) is 22.3. The lowest BCUT2D eigenvalue weighted by molar-refractivity contribution is -0.0381. The first-order valence-corrected chi connectivity index (χ1v) is 11.8. The molecule has 0 amide bonds. The molecule has 2 bridgehead atoms. The lowest BCUT2D eigenvalue weighted by Crippen LogP contribution is -2.38. The fraction of sp³-hybridized carbons (Fsp3) is 0.188. The van der Waals surface area contributed by atoms with Crippen LogP contribution in [0.3, 0.4) is 0 Å². The minimum absolute atomic E-state index is 0.0785. The monoisotopic (exact) mass is 426 g/mol. The fourth-order valence-corrected chi connectivity index (χ4v) is 6.81. The lowest BCUT2D eigenvalue weighted by Gasteiger charge is -2.43. The van der Waals surface area contributed by atoms with Crippen molar-refractivity contribution in [1.82, 2.24) is 0 Å². The largest absolute Gasteiger partial charge is 0.344 e. The molecule has 0 N–H and O–H groups in total. The van der Waals surface area contributed by atoms with E-state index < -0.39 is 11.2 Å². The molecule has 1 saturated heterocycles. The summed E-state index contributed by atoms with van der Waals surface area (Å²) in [6, 6.07) is 39.5. The van der Waals surface area contributed by atoms with Crippen molar-refractivity contribution in [2.75, 3.05) is 0 Å². The first-order chi connectivity index (χ1) is 16.1. The van der Waals surface area contributed by atoms with E-state index in [0.717, 1.165) is 0 Å². The Morgan fingerprint density at radius 1 is 0.576 bits per heavy atom. The molecule has 0 spiro atoms. The molecule has 4 aromatic rings. The second kappa shape index (κ2) is 6.34. The first-order valence-electron chi connectivity index (χ1n) is 11.8. The van der Waals surface area contributed by atoms with Gasteiger partial charge in [0.25, 0.3) is 0 Å². The predicted molar refractivity (Wildman–Crippen MR) is 132 cm³/mol. The molecule has 1 aliphatic carbocycles. The van der Waals surface area contributed by atoms with Crippen molar-refractivity contribution < 1.29 is 4.74 Å². The molecule has 2 aliphatic heterocycles. The van der Waals surface area contributed by atoms with Gasteiger partial charge in [0.1, 0.15) is 11.2 Å². The van der Waals surface area contributed by atoms with E-state index in [1.54, 1.807) is 0 Å². The fourth-order valence-electron chi connectivity index (χ4n) is 6.81. The highest BCUT2D eigenvalue weighted by atomic mass is 16.5. The molecule has 1 heteroatoms. The predicted octanol–water partition coefficient (Wildman–Crippen LogP) is 7.22. The molecule has 2 heterocycles. The van der Waals surface area contributed by atoms with Gasteiger partial charge in [-0.15, -0.1) is 0 Å². The maximum absolute atomic E-state index is 7.52. The van der Waals surface area contributed by atoms with Gasteiger partial charge >= 0.3 is 0 Å². The summed E-state index contributed by atoms with van der Waals surface area (Å²) in [6.07, 6.45) is 2.51. The van der Waals surface area contributed by atoms with Crippen LogP contribution in [0.4, 0.5) is 0 Å². The van der Waals surface area contributed by atoms with Gasteiger partial charge in [-0.25, -0.2) is 0 Å². The number of hydrogen-bond donors (Lipinski definition) is 0. The highest BCUT2D eigenvalue weighted by Crippen LogP contribution is 2.73. The molecule has 0 aromatic heterocycles. The zero-order valence-corrected chi connectivity index (χ0v) is 19.0. The van der Waals surface area contributed by atoms with E-state index >= 15 is 0 Å². The molecular weight excluding hydrogens is 400 g/mol. The Balaban J connectivity index is 1.66.